The third-order valence-electron chi connectivity index (χ3n) is 5.29. The smallest absolute Gasteiger partial charge is 0.268 e. The normalized spacial score (nSPS) is 11.9. The van der Waals surface area contributed by atoms with Crippen LogP contribution in [-0.4, -0.2) is 27.8 Å². The van der Waals surface area contributed by atoms with E-state index in [0.29, 0.717) is 22.0 Å². The molecule has 3 aromatic carbocycles. The first-order chi connectivity index (χ1) is 15.3. The number of halogens is 1. The highest BCUT2D eigenvalue weighted by Gasteiger charge is 2.22. The molecule has 32 heavy (non-hydrogen) atoms. The third kappa shape index (κ3) is 3.23. The highest BCUT2D eigenvalue weighted by atomic mass is 32.2. The molecule has 0 unspecified atom stereocenters. The number of imidazole rings is 1. The van der Waals surface area contributed by atoms with Gasteiger partial charge in [0, 0.05) is 17.1 Å². The van der Waals surface area contributed by atoms with Crippen LogP contribution in [0.15, 0.2) is 84.1 Å². The summed E-state index contributed by atoms with van der Waals surface area (Å²) in [4.78, 5) is 15.7. The fourth-order valence-corrected chi connectivity index (χ4v) is 5.21. The summed E-state index contributed by atoms with van der Waals surface area (Å²) in [6, 6.07) is 17.5. The number of carbonyl (C=O) groups is 1. The van der Waals surface area contributed by atoms with Crippen LogP contribution in [0.2, 0.25) is 0 Å². The van der Waals surface area contributed by atoms with Gasteiger partial charge in [0.1, 0.15) is 12.4 Å². The third-order valence-corrected chi connectivity index (χ3v) is 6.98. The minimum absolute atomic E-state index is 0.00372. The molecule has 0 fully saturated rings. The molecule has 7 nitrogen and oxygen atoms in total. The van der Waals surface area contributed by atoms with Crippen LogP contribution < -0.4 is 5.73 Å². The predicted molar refractivity (Wildman–Crippen MR) is 119 cm³/mol. The maximum absolute atomic E-state index is 14.1. The van der Waals surface area contributed by atoms with Crippen LogP contribution in [0.25, 0.3) is 33.1 Å². The van der Waals surface area contributed by atoms with Gasteiger partial charge in [-0.2, -0.15) is 0 Å². The number of primary amides is 1. The molecular formula is C23H17FN4O3S. The highest BCUT2D eigenvalue weighted by molar-refractivity contribution is 7.90. The summed E-state index contributed by atoms with van der Waals surface area (Å²) in [6.07, 6.45) is 3.02. The number of nitrogens with two attached hydrogens (primary N) is 1. The Morgan fingerprint density at radius 3 is 2.53 bits per heavy atom. The van der Waals surface area contributed by atoms with E-state index in [4.69, 9.17) is 5.73 Å². The molecule has 0 aliphatic rings. The summed E-state index contributed by atoms with van der Waals surface area (Å²) in [5.74, 6) is -1.02. The summed E-state index contributed by atoms with van der Waals surface area (Å²) in [5.41, 5.74) is 8.19. The standard InChI is InChI=1S/C23H17FN4O3S/c24-16-7-8-18-19(15-6-9-21-20(10-15)26-14-27(21)13-23(25)29)12-28(22(18)11-16)32(30,31)17-4-2-1-3-5-17/h1-12,14H,13H2,(H2,25,29). The van der Waals surface area contributed by atoms with E-state index in [0.717, 1.165) is 9.49 Å². The van der Waals surface area contributed by atoms with Crippen molar-refractivity contribution in [3.05, 3.63) is 85.1 Å². The SMILES string of the molecule is NC(=O)Cn1cnc2cc(-c3cn(S(=O)(=O)c4ccccc4)c4cc(F)ccc34)ccc21. The lowest BCUT2D eigenvalue weighted by molar-refractivity contribution is -0.118. The van der Waals surface area contributed by atoms with Gasteiger partial charge in [-0.25, -0.2) is 21.8 Å². The van der Waals surface area contributed by atoms with Crippen molar-refractivity contribution in [3.8, 4) is 11.1 Å². The lowest BCUT2D eigenvalue weighted by atomic mass is 10.0. The number of benzene rings is 3. The van der Waals surface area contributed by atoms with Crippen molar-refractivity contribution < 1.29 is 17.6 Å². The van der Waals surface area contributed by atoms with Crippen LogP contribution in [0.1, 0.15) is 0 Å². The molecule has 0 saturated carbocycles. The maximum atomic E-state index is 14.1. The zero-order valence-electron chi connectivity index (χ0n) is 16.6. The van der Waals surface area contributed by atoms with Gasteiger partial charge in [-0.1, -0.05) is 24.3 Å². The van der Waals surface area contributed by atoms with Crippen LogP contribution in [0.5, 0.6) is 0 Å². The molecule has 0 radical (unpaired) electrons. The van der Waals surface area contributed by atoms with E-state index in [2.05, 4.69) is 4.98 Å². The molecule has 0 aliphatic heterocycles. The Balaban J connectivity index is 1.71. The Morgan fingerprint density at radius 1 is 1.00 bits per heavy atom. The maximum Gasteiger partial charge on any atom is 0.268 e. The summed E-state index contributed by atoms with van der Waals surface area (Å²) in [5, 5.41) is 0.585. The number of fused-ring (bicyclic) bond motifs is 2. The molecule has 0 spiro atoms. The first-order valence-electron chi connectivity index (χ1n) is 9.69. The monoisotopic (exact) mass is 448 g/mol. The Bertz CT molecular complexity index is 1600. The quantitative estimate of drug-likeness (QED) is 0.445. The van der Waals surface area contributed by atoms with Crippen LogP contribution in [-0.2, 0) is 21.4 Å². The molecule has 2 heterocycles. The van der Waals surface area contributed by atoms with Crippen LogP contribution in [0.3, 0.4) is 0 Å². The molecule has 5 rings (SSSR count). The minimum Gasteiger partial charge on any atom is -0.368 e. The van der Waals surface area contributed by atoms with Crippen molar-refractivity contribution in [1.29, 1.82) is 0 Å². The number of hydrogen-bond acceptors (Lipinski definition) is 4. The Morgan fingerprint density at radius 2 is 1.78 bits per heavy atom. The van der Waals surface area contributed by atoms with Gasteiger partial charge in [-0.15, -0.1) is 0 Å². The number of amides is 1. The molecule has 0 saturated heterocycles. The second kappa shape index (κ2) is 7.31. The van der Waals surface area contributed by atoms with Crippen molar-refractivity contribution in [2.75, 3.05) is 0 Å². The zero-order chi connectivity index (χ0) is 22.5. The average Bonchev–Trinajstić information content (AvgIpc) is 3.35. The average molecular weight is 448 g/mol. The lowest BCUT2D eigenvalue weighted by Crippen LogP contribution is -2.17. The van der Waals surface area contributed by atoms with Crippen molar-refractivity contribution in [1.82, 2.24) is 13.5 Å². The van der Waals surface area contributed by atoms with E-state index >= 15 is 0 Å². The summed E-state index contributed by atoms with van der Waals surface area (Å²) >= 11 is 0. The second-order valence-electron chi connectivity index (χ2n) is 7.36. The van der Waals surface area contributed by atoms with Gasteiger partial charge in [-0.3, -0.25) is 4.79 Å². The minimum atomic E-state index is -3.94. The van der Waals surface area contributed by atoms with E-state index in [1.54, 1.807) is 47.0 Å². The number of carbonyl (C=O) groups excluding carboxylic acids is 1. The number of rotatable bonds is 5. The molecule has 2 aromatic heterocycles. The van der Waals surface area contributed by atoms with Gasteiger partial charge in [0.2, 0.25) is 5.91 Å². The first-order valence-corrected chi connectivity index (χ1v) is 11.1. The van der Waals surface area contributed by atoms with Crippen LogP contribution >= 0.6 is 0 Å². The molecule has 1 amide bonds. The predicted octanol–water partition coefficient (Wildman–Crippen LogP) is 3.52. The van der Waals surface area contributed by atoms with Gasteiger partial charge < -0.3 is 10.3 Å². The van der Waals surface area contributed by atoms with Gasteiger partial charge in [-0.05, 0) is 48.0 Å². The second-order valence-corrected chi connectivity index (χ2v) is 9.18. The molecule has 2 N–H and O–H groups in total. The Kier molecular flexibility index (Phi) is 4.56. The van der Waals surface area contributed by atoms with E-state index in [-0.39, 0.29) is 17.0 Å². The van der Waals surface area contributed by atoms with Gasteiger partial charge >= 0.3 is 0 Å². The van der Waals surface area contributed by atoms with Crippen molar-refractivity contribution in [3.63, 3.8) is 0 Å². The molecule has 160 valence electrons. The van der Waals surface area contributed by atoms with Crippen molar-refractivity contribution in [2.24, 2.45) is 5.73 Å². The van der Waals surface area contributed by atoms with Gasteiger partial charge in [0.15, 0.2) is 0 Å². The van der Waals surface area contributed by atoms with Gasteiger partial charge in [0.25, 0.3) is 10.0 Å². The molecule has 5 aromatic rings. The van der Waals surface area contributed by atoms with Crippen molar-refractivity contribution >= 4 is 37.9 Å². The topological polar surface area (TPSA) is 100.0 Å². The summed E-state index contributed by atoms with van der Waals surface area (Å²) < 4.78 is 43.4. The van der Waals surface area contributed by atoms with Crippen LogP contribution in [0.4, 0.5) is 4.39 Å². The number of nitrogens with zero attached hydrogens (tertiary/aromatic N) is 3. The van der Waals surface area contributed by atoms with E-state index in [1.165, 1.54) is 36.8 Å². The number of aromatic nitrogens is 3. The van der Waals surface area contributed by atoms with E-state index in [1.807, 2.05) is 0 Å². The Hall–Kier alpha value is -3.98. The molecule has 0 bridgehead atoms. The largest absolute Gasteiger partial charge is 0.368 e. The fraction of sp³-hybridized carbons (Fsp3) is 0.0435. The highest BCUT2D eigenvalue weighted by Crippen LogP contribution is 2.34. The number of hydrogen-bond donors (Lipinski definition) is 1. The summed E-state index contributed by atoms with van der Waals surface area (Å²) in [6.45, 7) is 0.00372. The van der Waals surface area contributed by atoms with E-state index < -0.39 is 21.7 Å². The summed E-state index contributed by atoms with van der Waals surface area (Å²) in [7, 11) is -3.94. The zero-order valence-corrected chi connectivity index (χ0v) is 17.5. The molecule has 9 heteroatoms. The molecule has 0 aliphatic carbocycles. The lowest BCUT2D eigenvalue weighted by Gasteiger charge is -2.07. The van der Waals surface area contributed by atoms with Crippen molar-refractivity contribution in [2.45, 2.75) is 11.4 Å². The first kappa shape index (κ1) is 20.0. The Labute approximate surface area is 182 Å². The molecular weight excluding hydrogens is 431 g/mol. The fourth-order valence-electron chi connectivity index (χ4n) is 3.83. The van der Waals surface area contributed by atoms with E-state index in [9.17, 15) is 17.6 Å². The molecule has 0 atom stereocenters. The van der Waals surface area contributed by atoms with Gasteiger partial charge in [0.05, 0.1) is 27.8 Å². The van der Waals surface area contributed by atoms with Crippen LogP contribution in [0, 0.1) is 5.82 Å².